The van der Waals surface area contributed by atoms with E-state index in [1.54, 1.807) is 13.0 Å². The van der Waals surface area contributed by atoms with Crippen LogP contribution in [0, 0.1) is 0 Å². The standard InChI is InChI=1S/C15H19ClO4/c1-5-19-14-11(9(3)4)7-10(16)8-12(14)13(17)15(18)20-6-2/h7-9H,5-6H2,1-4H3. The molecule has 1 aromatic rings. The highest BCUT2D eigenvalue weighted by Gasteiger charge is 2.25. The Balaban J connectivity index is 3.36. The topological polar surface area (TPSA) is 52.6 Å². The molecule has 1 rings (SSSR count). The second kappa shape index (κ2) is 7.29. The molecule has 0 aliphatic heterocycles. The normalized spacial score (nSPS) is 10.5. The zero-order valence-corrected chi connectivity index (χ0v) is 12.9. The first-order chi connectivity index (χ1) is 9.42. The lowest BCUT2D eigenvalue weighted by atomic mass is 9.97. The Morgan fingerprint density at radius 3 is 2.35 bits per heavy atom. The molecule has 0 fully saturated rings. The van der Waals surface area contributed by atoms with Crippen LogP contribution in [0.25, 0.3) is 0 Å². The minimum absolute atomic E-state index is 0.115. The molecule has 0 saturated carbocycles. The van der Waals surface area contributed by atoms with Gasteiger partial charge in [0.2, 0.25) is 0 Å². The van der Waals surface area contributed by atoms with Crippen LogP contribution in [0.2, 0.25) is 5.02 Å². The zero-order chi connectivity index (χ0) is 15.3. The average Bonchev–Trinajstić information content (AvgIpc) is 2.39. The Morgan fingerprint density at radius 1 is 1.20 bits per heavy atom. The van der Waals surface area contributed by atoms with E-state index >= 15 is 0 Å². The lowest BCUT2D eigenvalue weighted by Gasteiger charge is -2.17. The van der Waals surface area contributed by atoms with E-state index in [0.29, 0.717) is 17.4 Å². The number of carbonyl (C=O) groups is 2. The van der Waals surface area contributed by atoms with Gasteiger partial charge in [0.1, 0.15) is 5.75 Å². The van der Waals surface area contributed by atoms with Crippen molar-refractivity contribution < 1.29 is 19.1 Å². The summed E-state index contributed by atoms with van der Waals surface area (Å²) in [6.07, 6.45) is 0. The molecule has 0 atom stereocenters. The van der Waals surface area contributed by atoms with E-state index in [0.717, 1.165) is 5.56 Å². The third kappa shape index (κ3) is 3.73. The van der Waals surface area contributed by atoms with E-state index in [4.69, 9.17) is 21.1 Å². The van der Waals surface area contributed by atoms with Crippen molar-refractivity contribution in [3.8, 4) is 5.75 Å². The Morgan fingerprint density at radius 2 is 1.85 bits per heavy atom. The van der Waals surface area contributed by atoms with E-state index < -0.39 is 11.8 Å². The summed E-state index contributed by atoms with van der Waals surface area (Å²) in [6.45, 7) is 7.93. The Labute approximate surface area is 124 Å². The fraction of sp³-hybridized carbons (Fsp3) is 0.467. The van der Waals surface area contributed by atoms with Crippen molar-refractivity contribution in [3.63, 3.8) is 0 Å². The van der Waals surface area contributed by atoms with Crippen LogP contribution in [0.5, 0.6) is 5.75 Å². The van der Waals surface area contributed by atoms with Crippen LogP contribution >= 0.6 is 11.6 Å². The molecular weight excluding hydrogens is 280 g/mol. The number of esters is 1. The monoisotopic (exact) mass is 298 g/mol. The molecular formula is C15H19ClO4. The quantitative estimate of drug-likeness (QED) is 0.457. The number of halogens is 1. The summed E-state index contributed by atoms with van der Waals surface area (Å²) in [5.41, 5.74) is 0.952. The minimum atomic E-state index is -0.898. The summed E-state index contributed by atoms with van der Waals surface area (Å²) in [5, 5.41) is 0.393. The van der Waals surface area contributed by atoms with Crippen LogP contribution in [-0.4, -0.2) is 25.0 Å². The lowest BCUT2D eigenvalue weighted by molar-refractivity contribution is -0.137. The number of Topliss-reactive ketones (excluding diaryl/α,β-unsaturated/α-hetero) is 1. The van der Waals surface area contributed by atoms with Crippen molar-refractivity contribution in [1.29, 1.82) is 0 Å². The third-order valence-corrected chi connectivity index (χ3v) is 2.92. The van der Waals surface area contributed by atoms with Gasteiger partial charge in [-0.2, -0.15) is 0 Å². The van der Waals surface area contributed by atoms with Crippen LogP contribution < -0.4 is 4.74 Å². The van der Waals surface area contributed by atoms with E-state index in [2.05, 4.69) is 0 Å². The molecule has 0 aliphatic carbocycles. The number of ketones is 1. The summed E-state index contributed by atoms with van der Waals surface area (Å²) in [6, 6.07) is 3.19. The van der Waals surface area contributed by atoms with Crippen molar-refractivity contribution in [3.05, 3.63) is 28.3 Å². The molecule has 4 nitrogen and oxygen atoms in total. The smallest absolute Gasteiger partial charge is 0.379 e. The predicted molar refractivity (Wildman–Crippen MR) is 77.7 cm³/mol. The molecule has 20 heavy (non-hydrogen) atoms. The molecule has 0 radical (unpaired) electrons. The second-order valence-electron chi connectivity index (χ2n) is 4.51. The van der Waals surface area contributed by atoms with E-state index in [-0.39, 0.29) is 18.1 Å². The van der Waals surface area contributed by atoms with E-state index in [1.165, 1.54) is 6.07 Å². The van der Waals surface area contributed by atoms with Gasteiger partial charge in [0.15, 0.2) is 0 Å². The molecule has 1 aromatic carbocycles. The number of hydrogen-bond acceptors (Lipinski definition) is 4. The SMILES string of the molecule is CCOC(=O)C(=O)c1cc(Cl)cc(C(C)C)c1OCC. The Bertz CT molecular complexity index is 509. The molecule has 0 N–H and O–H groups in total. The van der Waals surface area contributed by atoms with Crippen molar-refractivity contribution in [2.24, 2.45) is 0 Å². The molecule has 0 unspecified atom stereocenters. The highest BCUT2D eigenvalue weighted by molar-refractivity contribution is 6.42. The summed E-state index contributed by atoms with van der Waals surface area (Å²) in [5.74, 6) is -1.11. The van der Waals surface area contributed by atoms with Gasteiger partial charge >= 0.3 is 5.97 Å². The summed E-state index contributed by atoms with van der Waals surface area (Å²) < 4.78 is 10.3. The third-order valence-electron chi connectivity index (χ3n) is 2.70. The van der Waals surface area contributed by atoms with Crippen LogP contribution in [0.15, 0.2) is 12.1 Å². The molecule has 0 spiro atoms. The van der Waals surface area contributed by atoms with Gasteiger partial charge in [-0.25, -0.2) is 4.79 Å². The number of ether oxygens (including phenoxy) is 2. The predicted octanol–water partition coefficient (Wildman–Crippen LogP) is 3.61. The molecule has 110 valence electrons. The summed E-state index contributed by atoms with van der Waals surface area (Å²) in [4.78, 5) is 23.8. The van der Waals surface area contributed by atoms with Gasteiger partial charge in [0, 0.05) is 5.02 Å². The van der Waals surface area contributed by atoms with Gasteiger partial charge in [0.05, 0.1) is 18.8 Å². The first kappa shape index (κ1) is 16.5. The van der Waals surface area contributed by atoms with E-state index in [1.807, 2.05) is 20.8 Å². The average molecular weight is 299 g/mol. The first-order valence-corrected chi connectivity index (χ1v) is 6.97. The van der Waals surface area contributed by atoms with Gasteiger partial charge in [-0.3, -0.25) is 4.79 Å². The summed E-state index contributed by atoms with van der Waals surface area (Å²) >= 11 is 6.03. The van der Waals surface area contributed by atoms with Crippen LogP contribution in [0.3, 0.4) is 0 Å². The van der Waals surface area contributed by atoms with Crippen molar-refractivity contribution in [1.82, 2.24) is 0 Å². The fourth-order valence-electron chi connectivity index (χ4n) is 1.82. The molecule has 5 heteroatoms. The first-order valence-electron chi connectivity index (χ1n) is 6.60. The van der Waals surface area contributed by atoms with Gasteiger partial charge in [-0.05, 0) is 37.5 Å². The Hall–Kier alpha value is -1.55. The number of hydrogen-bond donors (Lipinski definition) is 0. The second-order valence-corrected chi connectivity index (χ2v) is 4.95. The van der Waals surface area contributed by atoms with Crippen LogP contribution in [0.1, 0.15) is 49.5 Å². The molecule has 0 aromatic heterocycles. The van der Waals surface area contributed by atoms with Crippen molar-refractivity contribution in [2.45, 2.75) is 33.6 Å². The molecule has 0 aliphatic rings. The van der Waals surface area contributed by atoms with E-state index in [9.17, 15) is 9.59 Å². The van der Waals surface area contributed by atoms with Gasteiger partial charge in [0.25, 0.3) is 5.78 Å². The maximum Gasteiger partial charge on any atom is 0.379 e. The lowest BCUT2D eigenvalue weighted by Crippen LogP contribution is -2.19. The Kier molecular flexibility index (Phi) is 6.02. The van der Waals surface area contributed by atoms with Gasteiger partial charge < -0.3 is 9.47 Å². The number of carbonyl (C=O) groups excluding carboxylic acids is 2. The van der Waals surface area contributed by atoms with Crippen molar-refractivity contribution >= 4 is 23.4 Å². The highest BCUT2D eigenvalue weighted by Crippen LogP contribution is 2.34. The van der Waals surface area contributed by atoms with Crippen LogP contribution in [-0.2, 0) is 9.53 Å². The molecule has 0 heterocycles. The zero-order valence-electron chi connectivity index (χ0n) is 12.2. The molecule has 0 amide bonds. The number of benzene rings is 1. The highest BCUT2D eigenvalue weighted by atomic mass is 35.5. The maximum atomic E-state index is 12.1. The van der Waals surface area contributed by atoms with Gasteiger partial charge in [-0.1, -0.05) is 25.4 Å². The van der Waals surface area contributed by atoms with Crippen molar-refractivity contribution in [2.75, 3.05) is 13.2 Å². The largest absolute Gasteiger partial charge is 0.493 e. The minimum Gasteiger partial charge on any atom is -0.493 e. The fourth-order valence-corrected chi connectivity index (χ4v) is 2.05. The summed E-state index contributed by atoms with van der Waals surface area (Å²) in [7, 11) is 0. The maximum absolute atomic E-state index is 12.1. The number of rotatable bonds is 6. The molecule has 0 bridgehead atoms. The van der Waals surface area contributed by atoms with Crippen LogP contribution in [0.4, 0.5) is 0 Å². The van der Waals surface area contributed by atoms with Gasteiger partial charge in [-0.15, -0.1) is 0 Å². The molecule has 0 saturated heterocycles.